The average molecular weight is 871 g/mol. The Morgan fingerprint density at radius 3 is 0.818 bits per heavy atom. The molecule has 9 rings (SSSR count). The summed E-state index contributed by atoms with van der Waals surface area (Å²) in [6.45, 7) is 25.8. The highest BCUT2D eigenvalue weighted by molar-refractivity contribution is 6.00. The van der Waals surface area contributed by atoms with Gasteiger partial charge in [0.05, 0.1) is 22.8 Å². The van der Waals surface area contributed by atoms with Crippen LogP contribution in [0.25, 0.3) is 90.9 Å². The fraction of sp³-hybridized carbons (Fsp3) is 0.267. The molecule has 0 fully saturated rings. The Morgan fingerprint density at radius 1 is 0.333 bits per heavy atom. The minimum atomic E-state index is -0.335. The average Bonchev–Trinajstić information content (AvgIpc) is 4.09. The highest BCUT2D eigenvalue weighted by Gasteiger charge is 2.30. The lowest BCUT2D eigenvalue weighted by Gasteiger charge is -2.28. The summed E-state index contributed by atoms with van der Waals surface area (Å²) in [5, 5.41) is 23.8. The summed E-state index contributed by atoms with van der Waals surface area (Å²) in [4.78, 5) is 18.9. The number of H-pyrrole nitrogens is 2. The summed E-state index contributed by atoms with van der Waals surface area (Å²) in [6, 6.07) is 38.1. The van der Waals surface area contributed by atoms with Gasteiger partial charge in [-0.3, -0.25) is 0 Å². The molecule has 0 unspecified atom stereocenters. The molecule has 6 nitrogen and oxygen atoms in total. The van der Waals surface area contributed by atoms with E-state index >= 15 is 0 Å². The first kappa shape index (κ1) is 44.3. The molecule has 2 aliphatic rings. The predicted molar refractivity (Wildman–Crippen MR) is 279 cm³/mol. The van der Waals surface area contributed by atoms with E-state index in [0.717, 1.165) is 112 Å². The van der Waals surface area contributed by atoms with Gasteiger partial charge >= 0.3 is 0 Å². The van der Waals surface area contributed by atoms with Crippen LogP contribution in [0, 0.1) is 0 Å². The molecule has 4 aromatic carbocycles. The summed E-state index contributed by atoms with van der Waals surface area (Å²) in [5.41, 5.74) is 16.9. The number of aromatic nitrogens is 4. The Hall–Kier alpha value is -6.92. The number of phenols is 2. The third-order valence-corrected chi connectivity index (χ3v) is 12.9. The van der Waals surface area contributed by atoms with Crippen LogP contribution in [-0.4, -0.2) is 30.1 Å². The zero-order valence-corrected chi connectivity index (χ0v) is 40.5. The Bertz CT molecular complexity index is 2990. The normalized spacial score (nSPS) is 13.2. The molecule has 0 saturated heterocycles. The van der Waals surface area contributed by atoms with Gasteiger partial charge in [-0.2, -0.15) is 0 Å². The van der Waals surface area contributed by atoms with Gasteiger partial charge in [0.25, 0.3) is 0 Å². The SMILES string of the molecule is CC(C)(C)c1cc(-c2c3nc(c(-c4ccccc4)c4ccc([nH]4)c(-c4cc(C(C)(C)C)c(O)c(C(C)(C)C)c4)c4nc(c(-c5ccccc5)c5ccc2[nH]5)C=C4)C=C3)cc(C(C)(C)C)c1O. The zero-order chi connectivity index (χ0) is 47.1. The van der Waals surface area contributed by atoms with Crippen LogP contribution in [0.3, 0.4) is 0 Å². The first-order valence-corrected chi connectivity index (χ1v) is 23.1. The number of hydrogen-bond donors (Lipinski definition) is 4. The first-order valence-electron chi connectivity index (χ1n) is 23.1. The van der Waals surface area contributed by atoms with Gasteiger partial charge in [-0.05, 0) is 117 Å². The standard InChI is InChI=1S/C60H62N4O2/c1-57(2,3)39-31-37(32-40(55(39)65)58(4,5)6)53-47-27-23-43(61-47)51(35-19-15-13-16-20-35)45-25-29-49(63-45)54(38-33-41(59(7,8)9)56(66)42(34-38)60(10,11)12)50-30-26-46(64-50)52(36-21-17-14-18-22-36)44-24-28-48(53)62-44/h13-34,61,64-66H,1-12H3. The van der Waals surface area contributed by atoms with Crippen molar-refractivity contribution in [3.05, 3.63) is 154 Å². The summed E-state index contributed by atoms with van der Waals surface area (Å²) in [6.07, 6.45) is 8.49. The van der Waals surface area contributed by atoms with Gasteiger partial charge in [0.2, 0.25) is 0 Å². The van der Waals surface area contributed by atoms with Gasteiger partial charge in [0, 0.05) is 66.6 Å². The van der Waals surface area contributed by atoms with E-state index in [1.165, 1.54) is 0 Å². The van der Waals surface area contributed by atoms with Gasteiger partial charge in [0.1, 0.15) is 11.5 Å². The van der Waals surface area contributed by atoms with E-state index in [0.29, 0.717) is 11.5 Å². The summed E-state index contributed by atoms with van der Waals surface area (Å²) in [5.74, 6) is 0.673. The highest BCUT2D eigenvalue weighted by Crippen LogP contribution is 2.46. The highest BCUT2D eigenvalue weighted by atomic mass is 16.3. The molecule has 3 aromatic heterocycles. The van der Waals surface area contributed by atoms with E-state index < -0.39 is 0 Å². The van der Waals surface area contributed by atoms with Crippen LogP contribution in [0.1, 0.15) is 128 Å². The molecule has 334 valence electrons. The van der Waals surface area contributed by atoms with E-state index in [4.69, 9.17) is 9.97 Å². The molecular weight excluding hydrogens is 809 g/mol. The quantitative estimate of drug-likeness (QED) is 0.142. The second-order valence-electron chi connectivity index (χ2n) is 22.1. The number of nitrogens with one attached hydrogen (secondary N) is 2. The van der Waals surface area contributed by atoms with Crippen molar-refractivity contribution >= 4 is 46.4 Å². The Kier molecular flexibility index (Phi) is 10.7. The van der Waals surface area contributed by atoms with Gasteiger partial charge in [-0.25, -0.2) is 9.97 Å². The molecule has 0 aliphatic carbocycles. The van der Waals surface area contributed by atoms with Crippen LogP contribution in [0.4, 0.5) is 0 Å². The maximum absolute atomic E-state index is 11.9. The number of fused-ring (bicyclic) bond motifs is 8. The van der Waals surface area contributed by atoms with Gasteiger partial charge in [-0.15, -0.1) is 0 Å². The number of nitrogens with zero attached hydrogens (tertiary/aromatic N) is 2. The molecule has 2 aliphatic heterocycles. The van der Waals surface area contributed by atoms with Gasteiger partial charge in [0.15, 0.2) is 0 Å². The van der Waals surface area contributed by atoms with Crippen LogP contribution < -0.4 is 0 Å². The van der Waals surface area contributed by atoms with Gasteiger partial charge < -0.3 is 20.2 Å². The van der Waals surface area contributed by atoms with Crippen molar-refractivity contribution in [1.29, 1.82) is 0 Å². The van der Waals surface area contributed by atoms with E-state index in [2.05, 4.69) is 214 Å². The zero-order valence-electron chi connectivity index (χ0n) is 40.5. The number of aromatic hydroxyl groups is 2. The monoisotopic (exact) mass is 870 g/mol. The van der Waals surface area contributed by atoms with Crippen LogP contribution in [0.5, 0.6) is 11.5 Å². The smallest absolute Gasteiger partial charge is 0.123 e. The fourth-order valence-electron chi connectivity index (χ4n) is 9.47. The van der Waals surface area contributed by atoms with Crippen LogP contribution >= 0.6 is 0 Å². The fourth-order valence-corrected chi connectivity index (χ4v) is 9.47. The second kappa shape index (κ2) is 15.9. The number of benzene rings is 4. The molecule has 5 heterocycles. The van der Waals surface area contributed by atoms with Crippen molar-refractivity contribution in [2.24, 2.45) is 0 Å². The molecule has 66 heavy (non-hydrogen) atoms. The van der Waals surface area contributed by atoms with Crippen LogP contribution in [0.15, 0.2) is 109 Å². The molecule has 8 bridgehead atoms. The Morgan fingerprint density at radius 2 is 0.576 bits per heavy atom. The summed E-state index contributed by atoms with van der Waals surface area (Å²) in [7, 11) is 0. The minimum absolute atomic E-state index is 0.335. The van der Waals surface area contributed by atoms with Crippen LogP contribution in [0.2, 0.25) is 0 Å². The lowest BCUT2D eigenvalue weighted by atomic mass is 9.77. The van der Waals surface area contributed by atoms with Crippen molar-refractivity contribution in [2.45, 2.75) is 105 Å². The van der Waals surface area contributed by atoms with Crippen molar-refractivity contribution in [3.63, 3.8) is 0 Å². The first-order chi connectivity index (χ1) is 31.1. The van der Waals surface area contributed by atoms with Crippen molar-refractivity contribution in [1.82, 2.24) is 19.9 Å². The third kappa shape index (κ3) is 8.08. The largest absolute Gasteiger partial charge is 0.507 e. The molecular formula is C60H62N4O2. The molecule has 6 heteroatoms. The lowest BCUT2D eigenvalue weighted by Crippen LogP contribution is -2.17. The summed E-state index contributed by atoms with van der Waals surface area (Å²) >= 11 is 0. The van der Waals surface area contributed by atoms with E-state index in [-0.39, 0.29) is 21.7 Å². The van der Waals surface area contributed by atoms with E-state index in [1.807, 2.05) is 12.1 Å². The number of aromatic amines is 2. The molecule has 4 N–H and O–H groups in total. The predicted octanol–water partition coefficient (Wildman–Crippen LogP) is 15.9. The molecule has 0 spiro atoms. The van der Waals surface area contributed by atoms with Crippen molar-refractivity contribution < 1.29 is 10.2 Å². The molecule has 0 atom stereocenters. The number of rotatable bonds is 4. The van der Waals surface area contributed by atoms with E-state index in [9.17, 15) is 10.2 Å². The van der Waals surface area contributed by atoms with Crippen molar-refractivity contribution in [2.75, 3.05) is 0 Å². The van der Waals surface area contributed by atoms with E-state index in [1.54, 1.807) is 0 Å². The molecule has 7 aromatic rings. The minimum Gasteiger partial charge on any atom is -0.507 e. The maximum atomic E-state index is 11.9. The third-order valence-electron chi connectivity index (χ3n) is 12.9. The van der Waals surface area contributed by atoms with Crippen LogP contribution in [-0.2, 0) is 21.7 Å². The molecule has 0 amide bonds. The Balaban J connectivity index is 1.49. The number of hydrogen-bond acceptors (Lipinski definition) is 4. The maximum Gasteiger partial charge on any atom is 0.123 e. The lowest BCUT2D eigenvalue weighted by molar-refractivity contribution is 0.422. The van der Waals surface area contributed by atoms with Crippen molar-refractivity contribution in [3.8, 4) is 56.0 Å². The van der Waals surface area contributed by atoms with Gasteiger partial charge in [-0.1, -0.05) is 144 Å². The topological polar surface area (TPSA) is 97.8 Å². The molecule has 0 radical (unpaired) electrons. The Labute approximate surface area is 389 Å². The molecule has 0 saturated carbocycles. The number of phenolic OH excluding ortho intramolecular Hbond substituents is 2. The summed E-state index contributed by atoms with van der Waals surface area (Å²) < 4.78 is 0. The second-order valence-corrected chi connectivity index (χ2v) is 22.1.